The molecule has 7 heteroatoms. The van der Waals surface area contributed by atoms with Gasteiger partial charge in [0, 0.05) is 10.7 Å². The molecule has 0 aliphatic carbocycles. The van der Waals surface area contributed by atoms with Gasteiger partial charge < -0.3 is 5.32 Å². The van der Waals surface area contributed by atoms with Crippen LogP contribution >= 0.6 is 23.4 Å². The Morgan fingerprint density at radius 1 is 1.06 bits per heavy atom. The zero-order valence-corrected chi connectivity index (χ0v) is 20.3. The van der Waals surface area contributed by atoms with Gasteiger partial charge in [-0.15, -0.1) is 0 Å². The average Bonchev–Trinajstić information content (AvgIpc) is 2.81. The maximum atomic E-state index is 13.4. The topological polar surface area (TPSA) is 64.0 Å². The number of carbonyl (C=O) groups excluding carboxylic acids is 1. The molecule has 0 aliphatic heterocycles. The maximum Gasteiger partial charge on any atom is 0.266 e. The number of anilines is 1. The number of hydrogen-bond donors (Lipinski definition) is 1. The summed E-state index contributed by atoms with van der Waals surface area (Å²) in [4.78, 5) is 31.0. The lowest BCUT2D eigenvalue weighted by Crippen LogP contribution is -2.23. The minimum absolute atomic E-state index is 0.113. The molecule has 0 spiro atoms. The predicted octanol–water partition coefficient (Wildman–Crippen LogP) is 5.95. The number of hydrogen-bond acceptors (Lipinski definition) is 4. The minimum Gasteiger partial charge on any atom is -0.325 e. The van der Waals surface area contributed by atoms with Gasteiger partial charge in [-0.1, -0.05) is 66.7 Å². The van der Waals surface area contributed by atoms with Crippen molar-refractivity contribution in [3.8, 4) is 5.69 Å². The first kappa shape index (κ1) is 23.1. The number of thioether (sulfide) groups is 1. The van der Waals surface area contributed by atoms with Gasteiger partial charge in [-0.2, -0.15) is 0 Å². The van der Waals surface area contributed by atoms with Crippen LogP contribution < -0.4 is 10.9 Å². The maximum absolute atomic E-state index is 13.4. The van der Waals surface area contributed by atoms with Gasteiger partial charge in [0.25, 0.3) is 5.56 Å². The molecule has 0 fully saturated rings. The van der Waals surface area contributed by atoms with Gasteiger partial charge in [-0.05, 0) is 61.2 Å². The van der Waals surface area contributed by atoms with Crippen LogP contribution in [0.5, 0.6) is 0 Å². The number of para-hydroxylation sites is 2. The van der Waals surface area contributed by atoms with Gasteiger partial charge in [0.1, 0.15) is 0 Å². The van der Waals surface area contributed by atoms with E-state index in [-0.39, 0.29) is 17.2 Å². The Morgan fingerprint density at radius 2 is 1.82 bits per heavy atom. The van der Waals surface area contributed by atoms with Crippen molar-refractivity contribution in [1.29, 1.82) is 0 Å². The van der Waals surface area contributed by atoms with E-state index >= 15 is 0 Å². The molecule has 0 saturated carbocycles. The fraction of sp³-hybridized carbons (Fsp3) is 0.192. The summed E-state index contributed by atoms with van der Waals surface area (Å²) in [5, 5.41) is 4.55. The second kappa shape index (κ2) is 9.81. The number of amides is 1. The first-order chi connectivity index (χ1) is 15.9. The van der Waals surface area contributed by atoms with Crippen LogP contribution in [0.1, 0.15) is 23.6 Å². The van der Waals surface area contributed by atoms with Crippen molar-refractivity contribution in [3.63, 3.8) is 0 Å². The molecule has 1 heterocycles. The highest BCUT2D eigenvalue weighted by Crippen LogP contribution is 2.27. The largest absolute Gasteiger partial charge is 0.325 e. The van der Waals surface area contributed by atoms with E-state index in [1.165, 1.54) is 11.8 Å². The van der Waals surface area contributed by atoms with E-state index in [0.717, 1.165) is 28.8 Å². The summed E-state index contributed by atoms with van der Waals surface area (Å²) in [5.74, 6) is -0.0391. The number of aryl methyl sites for hydroxylation is 2. The summed E-state index contributed by atoms with van der Waals surface area (Å²) >= 11 is 7.57. The number of rotatable bonds is 6. The van der Waals surface area contributed by atoms with Gasteiger partial charge in [-0.3, -0.25) is 14.2 Å². The van der Waals surface area contributed by atoms with E-state index in [2.05, 4.69) is 12.2 Å². The fourth-order valence-electron chi connectivity index (χ4n) is 3.77. The van der Waals surface area contributed by atoms with Crippen LogP contribution in [0.15, 0.2) is 70.6 Å². The Morgan fingerprint density at radius 3 is 2.61 bits per heavy atom. The third-order valence-corrected chi connectivity index (χ3v) is 6.91. The molecule has 4 rings (SSSR count). The summed E-state index contributed by atoms with van der Waals surface area (Å²) < 4.78 is 1.55. The van der Waals surface area contributed by atoms with Crippen molar-refractivity contribution in [2.45, 2.75) is 32.3 Å². The molecule has 0 saturated heterocycles. The molecule has 0 radical (unpaired) electrons. The smallest absolute Gasteiger partial charge is 0.266 e. The monoisotopic (exact) mass is 477 g/mol. The highest BCUT2D eigenvalue weighted by molar-refractivity contribution is 7.99. The van der Waals surface area contributed by atoms with Crippen LogP contribution in [0.4, 0.5) is 5.69 Å². The number of aromatic nitrogens is 2. The van der Waals surface area contributed by atoms with Crippen LogP contribution in [0, 0.1) is 13.8 Å². The quantitative estimate of drug-likeness (QED) is 0.275. The second-order valence-corrected chi connectivity index (χ2v) is 9.09. The van der Waals surface area contributed by atoms with E-state index in [9.17, 15) is 9.59 Å². The molecule has 168 valence electrons. The van der Waals surface area contributed by atoms with Crippen LogP contribution in [-0.2, 0) is 11.2 Å². The zero-order valence-electron chi connectivity index (χ0n) is 18.7. The molecule has 4 aromatic rings. The summed E-state index contributed by atoms with van der Waals surface area (Å²) in [6.07, 6.45) is 0.824. The Bertz CT molecular complexity index is 1410. The van der Waals surface area contributed by atoms with Crippen LogP contribution in [-0.4, -0.2) is 21.2 Å². The van der Waals surface area contributed by atoms with Crippen molar-refractivity contribution < 1.29 is 4.79 Å². The molecular formula is C26H24ClN3O2S. The van der Waals surface area contributed by atoms with Crippen LogP contribution in [0.2, 0.25) is 5.02 Å². The molecule has 1 N–H and O–H groups in total. The molecule has 0 unspecified atom stereocenters. The molecule has 0 bridgehead atoms. The van der Waals surface area contributed by atoms with Crippen LogP contribution in [0.25, 0.3) is 16.6 Å². The molecule has 1 amide bonds. The highest BCUT2D eigenvalue weighted by atomic mass is 35.5. The lowest BCUT2D eigenvalue weighted by atomic mass is 10.1. The summed E-state index contributed by atoms with van der Waals surface area (Å²) in [7, 11) is 0. The van der Waals surface area contributed by atoms with Crippen LogP contribution in [0.3, 0.4) is 0 Å². The lowest BCUT2D eigenvalue weighted by molar-refractivity contribution is -0.113. The third-order valence-electron chi connectivity index (χ3n) is 5.56. The molecule has 3 aromatic carbocycles. The Balaban J connectivity index is 1.71. The first-order valence-corrected chi connectivity index (χ1v) is 12.1. The first-order valence-electron chi connectivity index (χ1n) is 10.7. The van der Waals surface area contributed by atoms with Gasteiger partial charge in [0.05, 0.1) is 22.3 Å². The average molecular weight is 478 g/mol. The number of fused-ring (bicyclic) bond motifs is 1. The highest BCUT2D eigenvalue weighted by Gasteiger charge is 2.17. The molecule has 1 aromatic heterocycles. The SMILES string of the molecule is CCc1cccc(C)c1NC(=O)CSc1nc2ccccc2c(=O)n1-c1cccc(Cl)c1C. The number of carbonyl (C=O) groups is 1. The van der Waals surface area contributed by atoms with E-state index in [1.807, 2.05) is 50.2 Å². The van der Waals surface area contributed by atoms with Gasteiger partial charge in [0.15, 0.2) is 5.16 Å². The van der Waals surface area contributed by atoms with E-state index in [0.29, 0.717) is 26.8 Å². The number of nitrogens with one attached hydrogen (secondary N) is 1. The predicted molar refractivity (Wildman–Crippen MR) is 137 cm³/mol. The van der Waals surface area contributed by atoms with Crippen molar-refractivity contribution in [2.75, 3.05) is 11.1 Å². The van der Waals surface area contributed by atoms with E-state index in [1.54, 1.807) is 28.8 Å². The van der Waals surface area contributed by atoms with E-state index < -0.39 is 0 Å². The zero-order chi connectivity index (χ0) is 23.5. The Kier molecular flexibility index (Phi) is 6.86. The van der Waals surface area contributed by atoms with Crippen molar-refractivity contribution in [1.82, 2.24) is 9.55 Å². The minimum atomic E-state index is -0.193. The third kappa shape index (κ3) is 4.68. The number of halogens is 1. The molecule has 5 nitrogen and oxygen atoms in total. The fourth-order valence-corrected chi connectivity index (χ4v) is 4.74. The molecule has 0 aliphatic rings. The van der Waals surface area contributed by atoms with E-state index in [4.69, 9.17) is 16.6 Å². The Hall–Kier alpha value is -3.09. The van der Waals surface area contributed by atoms with Gasteiger partial charge in [0.2, 0.25) is 5.91 Å². The summed E-state index contributed by atoms with van der Waals surface area (Å²) in [6.45, 7) is 5.90. The second-order valence-electron chi connectivity index (χ2n) is 7.74. The van der Waals surface area contributed by atoms with Crippen molar-refractivity contribution in [2.24, 2.45) is 0 Å². The van der Waals surface area contributed by atoms with Crippen molar-refractivity contribution >= 4 is 45.9 Å². The van der Waals surface area contributed by atoms with Gasteiger partial charge in [-0.25, -0.2) is 4.98 Å². The Labute approximate surface area is 201 Å². The number of nitrogens with zero attached hydrogens (tertiary/aromatic N) is 2. The standard InChI is InChI=1S/C26H24ClN3O2S/c1-4-18-10-7-9-16(2)24(18)29-23(31)15-33-26-28-21-13-6-5-11-19(21)25(32)30(26)22-14-8-12-20(27)17(22)3/h5-14H,4,15H2,1-3H3,(H,29,31). The molecule has 33 heavy (non-hydrogen) atoms. The van der Waals surface area contributed by atoms with Gasteiger partial charge >= 0.3 is 0 Å². The molecular weight excluding hydrogens is 454 g/mol. The number of benzene rings is 3. The summed E-state index contributed by atoms with van der Waals surface area (Å²) in [6, 6.07) is 18.6. The normalized spacial score (nSPS) is 11.0. The lowest BCUT2D eigenvalue weighted by Gasteiger charge is -2.16. The molecule has 0 atom stereocenters. The van der Waals surface area contributed by atoms with Crippen molar-refractivity contribution in [3.05, 3.63) is 92.7 Å². The summed E-state index contributed by atoms with van der Waals surface area (Å²) in [5.41, 5.74) is 4.78.